The molecule has 0 atom stereocenters. The van der Waals surface area contributed by atoms with E-state index in [1.807, 2.05) is 0 Å². The van der Waals surface area contributed by atoms with Crippen LogP contribution in [0.15, 0.2) is 17.1 Å². The summed E-state index contributed by atoms with van der Waals surface area (Å²) in [5.41, 5.74) is 9.30. The minimum atomic E-state index is -0.930. The zero-order valence-electron chi connectivity index (χ0n) is 5.52. The summed E-state index contributed by atoms with van der Waals surface area (Å²) in [5.74, 6) is -0.0162. The van der Waals surface area contributed by atoms with Crippen LogP contribution in [-0.4, -0.2) is 15.6 Å². The van der Waals surface area contributed by atoms with Gasteiger partial charge in [0.15, 0.2) is 0 Å². The van der Waals surface area contributed by atoms with Gasteiger partial charge in [-0.3, -0.25) is 0 Å². The maximum atomic E-state index is 10.8. The summed E-state index contributed by atoms with van der Waals surface area (Å²) in [6.45, 7) is 0. The van der Waals surface area contributed by atoms with Gasteiger partial charge >= 0.3 is 11.7 Å². The van der Waals surface area contributed by atoms with Crippen LogP contribution in [0.1, 0.15) is 0 Å². The zero-order valence-corrected chi connectivity index (χ0v) is 5.52. The van der Waals surface area contributed by atoms with Gasteiger partial charge in [-0.15, -0.1) is 0 Å². The topological polar surface area (TPSA) is 104 Å². The molecule has 1 aromatic heterocycles. The summed E-state index contributed by atoms with van der Waals surface area (Å²) in [7, 11) is 0. The van der Waals surface area contributed by atoms with Gasteiger partial charge in [-0.25, -0.2) is 14.6 Å². The van der Waals surface area contributed by atoms with E-state index in [4.69, 9.17) is 11.5 Å². The van der Waals surface area contributed by atoms with Gasteiger partial charge in [-0.1, -0.05) is 0 Å². The van der Waals surface area contributed by atoms with Crippen LogP contribution in [0.5, 0.6) is 0 Å². The molecule has 0 aliphatic carbocycles. The standard InChI is InChI=1S/C5H6N4O2/c6-3-1-2-8-5(11)9(3)4(7)10/h1-2H,6H2,(H2,7,10). The van der Waals surface area contributed by atoms with E-state index in [1.54, 1.807) is 0 Å². The Kier molecular flexibility index (Phi) is 1.59. The maximum Gasteiger partial charge on any atom is 0.357 e. The van der Waals surface area contributed by atoms with E-state index in [-0.39, 0.29) is 5.82 Å². The van der Waals surface area contributed by atoms with Crippen molar-refractivity contribution in [3.05, 3.63) is 22.7 Å². The van der Waals surface area contributed by atoms with E-state index in [0.717, 1.165) is 0 Å². The highest BCUT2D eigenvalue weighted by Gasteiger charge is 2.04. The lowest BCUT2D eigenvalue weighted by atomic mass is 10.6. The Balaban J connectivity index is 3.45. The number of nitrogens with zero attached hydrogens (tertiary/aromatic N) is 2. The van der Waals surface area contributed by atoms with Crippen molar-refractivity contribution in [2.45, 2.75) is 0 Å². The van der Waals surface area contributed by atoms with Crippen molar-refractivity contribution in [3.63, 3.8) is 0 Å². The van der Waals surface area contributed by atoms with Crippen molar-refractivity contribution in [1.82, 2.24) is 9.55 Å². The number of nitrogen functional groups attached to an aromatic ring is 1. The Morgan fingerprint density at radius 3 is 2.64 bits per heavy atom. The first-order chi connectivity index (χ1) is 5.13. The van der Waals surface area contributed by atoms with Crippen LogP contribution in [0.2, 0.25) is 0 Å². The minimum absolute atomic E-state index is 0.0162. The van der Waals surface area contributed by atoms with E-state index in [9.17, 15) is 9.59 Å². The fraction of sp³-hybridized carbons (Fsp3) is 0. The number of carbonyl (C=O) groups is 1. The molecule has 6 nitrogen and oxygen atoms in total. The molecule has 1 aromatic rings. The van der Waals surface area contributed by atoms with Crippen molar-refractivity contribution in [1.29, 1.82) is 0 Å². The third-order valence-corrected chi connectivity index (χ3v) is 1.10. The highest BCUT2D eigenvalue weighted by molar-refractivity contribution is 5.77. The SMILES string of the molecule is NC(=O)n1c(N)ccnc1=O. The predicted molar refractivity (Wildman–Crippen MR) is 37.9 cm³/mol. The summed E-state index contributed by atoms with van der Waals surface area (Å²) in [5, 5.41) is 0. The number of aromatic nitrogens is 2. The second kappa shape index (κ2) is 2.41. The van der Waals surface area contributed by atoms with Crippen LogP contribution in [0.4, 0.5) is 10.6 Å². The number of anilines is 1. The quantitative estimate of drug-likeness (QED) is 0.487. The van der Waals surface area contributed by atoms with Crippen molar-refractivity contribution in [2.75, 3.05) is 5.73 Å². The normalized spacial score (nSPS) is 9.45. The molecule has 0 saturated carbocycles. The molecular weight excluding hydrogens is 148 g/mol. The molecule has 6 heteroatoms. The van der Waals surface area contributed by atoms with Gasteiger partial charge in [0.2, 0.25) is 0 Å². The Morgan fingerprint density at radius 2 is 2.27 bits per heavy atom. The second-order valence-electron chi connectivity index (χ2n) is 1.83. The molecule has 1 amide bonds. The van der Waals surface area contributed by atoms with Crippen LogP contribution >= 0.6 is 0 Å². The number of primary amides is 1. The predicted octanol–water partition coefficient (Wildman–Crippen LogP) is -1.25. The number of nitrogens with two attached hydrogens (primary N) is 2. The number of hydrogen-bond donors (Lipinski definition) is 2. The van der Waals surface area contributed by atoms with Crippen LogP contribution in [-0.2, 0) is 0 Å². The van der Waals surface area contributed by atoms with Gasteiger partial charge in [-0.05, 0) is 6.07 Å². The number of hydrogen-bond acceptors (Lipinski definition) is 4. The average molecular weight is 154 g/mol. The van der Waals surface area contributed by atoms with Crippen LogP contribution in [0, 0.1) is 0 Å². The van der Waals surface area contributed by atoms with Crippen molar-refractivity contribution in [2.24, 2.45) is 5.73 Å². The summed E-state index contributed by atoms with van der Waals surface area (Å²) in [4.78, 5) is 24.5. The number of amides is 1. The molecule has 4 N–H and O–H groups in total. The molecule has 58 valence electrons. The molecule has 0 aliphatic rings. The summed E-state index contributed by atoms with van der Waals surface area (Å²) in [6, 6.07) is 0.382. The Labute approximate surface area is 61.4 Å². The molecule has 0 bridgehead atoms. The highest BCUT2D eigenvalue weighted by atomic mass is 16.2. The molecule has 1 rings (SSSR count). The van der Waals surface area contributed by atoms with Crippen LogP contribution < -0.4 is 17.2 Å². The summed E-state index contributed by atoms with van der Waals surface area (Å²) < 4.78 is 0.583. The lowest BCUT2D eigenvalue weighted by molar-refractivity contribution is 0.249. The molecule has 0 aromatic carbocycles. The molecule has 0 radical (unpaired) electrons. The van der Waals surface area contributed by atoms with Gasteiger partial charge in [0.05, 0.1) is 0 Å². The highest BCUT2D eigenvalue weighted by Crippen LogP contribution is 1.92. The monoisotopic (exact) mass is 154 g/mol. The lowest BCUT2D eigenvalue weighted by Gasteiger charge is -2.00. The molecule has 0 spiro atoms. The minimum Gasteiger partial charge on any atom is -0.385 e. The summed E-state index contributed by atoms with van der Waals surface area (Å²) >= 11 is 0. The van der Waals surface area contributed by atoms with Gasteiger partial charge in [0.25, 0.3) is 0 Å². The fourth-order valence-electron chi connectivity index (χ4n) is 0.642. The average Bonchev–Trinajstić information content (AvgIpc) is 1.85. The second-order valence-corrected chi connectivity index (χ2v) is 1.83. The third-order valence-electron chi connectivity index (χ3n) is 1.10. The Morgan fingerprint density at radius 1 is 1.64 bits per heavy atom. The van der Waals surface area contributed by atoms with Crippen LogP contribution in [0.25, 0.3) is 0 Å². The molecule has 0 aliphatic heterocycles. The van der Waals surface area contributed by atoms with Gasteiger partial charge in [0, 0.05) is 6.20 Å². The lowest BCUT2D eigenvalue weighted by Crippen LogP contribution is -2.34. The largest absolute Gasteiger partial charge is 0.385 e. The van der Waals surface area contributed by atoms with Gasteiger partial charge < -0.3 is 11.5 Å². The molecular formula is C5H6N4O2. The first kappa shape index (κ1) is 7.26. The van der Waals surface area contributed by atoms with E-state index in [2.05, 4.69) is 4.98 Å². The summed E-state index contributed by atoms with van der Waals surface area (Å²) in [6.07, 6.45) is 1.21. The van der Waals surface area contributed by atoms with Gasteiger partial charge in [0.1, 0.15) is 5.82 Å². The fourth-order valence-corrected chi connectivity index (χ4v) is 0.642. The molecule has 11 heavy (non-hydrogen) atoms. The zero-order chi connectivity index (χ0) is 8.43. The Bertz CT molecular complexity index is 343. The van der Waals surface area contributed by atoms with Crippen molar-refractivity contribution in [3.8, 4) is 0 Å². The molecule has 0 saturated heterocycles. The number of carbonyl (C=O) groups excluding carboxylic acids is 1. The number of rotatable bonds is 0. The molecule has 0 fully saturated rings. The van der Waals surface area contributed by atoms with E-state index >= 15 is 0 Å². The van der Waals surface area contributed by atoms with E-state index in [0.29, 0.717) is 4.57 Å². The molecule has 0 unspecified atom stereocenters. The maximum absolute atomic E-state index is 10.8. The molecule has 1 heterocycles. The van der Waals surface area contributed by atoms with Gasteiger partial charge in [-0.2, -0.15) is 4.57 Å². The van der Waals surface area contributed by atoms with E-state index < -0.39 is 11.7 Å². The van der Waals surface area contributed by atoms with E-state index in [1.165, 1.54) is 12.3 Å². The smallest absolute Gasteiger partial charge is 0.357 e. The van der Waals surface area contributed by atoms with Crippen LogP contribution in [0.3, 0.4) is 0 Å². The van der Waals surface area contributed by atoms with Crippen molar-refractivity contribution < 1.29 is 4.79 Å². The third kappa shape index (κ3) is 1.18. The first-order valence-electron chi connectivity index (χ1n) is 2.76. The van der Waals surface area contributed by atoms with Crippen molar-refractivity contribution >= 4 is 11.8 Å². The first-order valence-corrected chi connectivity index (χ1v) is 2.76. The Hall–Kier alpha value is -1.85.